The van der Waals surface area contributed by atoms with Gasteiger partial charge in [-0.05, 0) is 19.6 Å². The first kappa shape index (κ1) is 9.46. The molecule has 0 amide bonds. The molecule has 0 radical (unpaired) electrons. The summed E-state index contributed by atoms with van der Waals surface area (Å²) in [4.78, 5) is 8.66. The van der Waals surface area contributed by atoms with Crippen LogP contribution < -0.4 is 6.15 Å². The third-order valence-corrected chi connectivity index (χ3v) is 0. The monoisotopic (exact) mass is 107 g/mol. The van der Waals surface area contributed by atoms with E-state index in [0.29, 0.717) is 0 Å². The average molecular weight is 107 g/mol. The highest BCUT2D eigenvalue weighted by Gasteiger charge is 2.03. The zero-order chi connectivity index (χ0) is 4.50. The summed E-state index contributed by atoms with van der Waals surface area (Å²) in [6.45, 7) is 5.65. The Morgan fingerprint density at radius 3 is 1.17 bits per heavy atom. The van der Waals surface area contributed by atoms with Crippen molar-refractivity contribution in [3.8, 4) is 0 Å². The van der Waals surface area contributed by atoms with Crippen LogP contribution in [0.2, 0.25) is 19.6 Å². The van der Waals surface area contributed by atoms with Gasteiger partial charge >= 0.3 is 0 Å². The van der Waals surface area contributed by atoms with Gasteiger partial charge in [0, 0.05) is 0 Å². The van der Waals surface area contributed by atoms with Gasteiger partial charge in [-0.3, -0.25) is 0 Å². The minimum absolute atomic E-state index is 0. The van der Waals surface area contributed by atoms with Crippen molar-refractivity contribution < 1.29 is 4.80 Å². The molecular weight excluding hydrogens is 94.1 g/mol. The van der Waals surface area contributed by atoms with Gasteiger partial charge in [0.2, 0.25) is 0 Å². The van der Waals surface area contributed by atoms with Crippen molar-refractivity contribution in [1.82, 2.24) is 6.15 Å². The van der Waals surface area contributed by atoms with Gasteiger partial charge in [-0.1, -0.05) is 0 Å². The lowest BCUT2D eigenvalue weighted by Gasteiger charge is -2.00. The van der Waals surface area contributed by atoms with Crippen molar-refractivity contribution in [2.75, 3.05) is 0 Å². The summed E-state index contributed by atoms with van der Waals surface area (Å²) in [6, 6.07) is 0. The van der Waals surface area contributed by atoms with Gasteiger partial charge in [0.25, 0.3) is 0 Å². The van der Waals surface area contributed by atoms with Crippen LogP contribution in [0, 0.1) is 0 Å². The van der Waals surface area contributed by atoms with Crippen molar-refractivity contribution in [2.24, 2.45) is 0 Å². The summed E-state index contributed by atoms with van der Waals surface area (Å²) >= 11 is 0. The zero-order valence-electron chi connectivity index (χ0n) is 4.65. The molecule has 0 unspecified atom stereocenters. The summed E-state index contributed by atoms with van der Waals surface area (Å²) in [7, 11) is -1.61. The van der Waals surface area contributed by atoms with Crippen LogP contribution >= 0.6 is 0 Å². The van der Waals surface area contributed by atoms with Crippen LogP contribution in [0.3, 0.4) is 0 Å². The second-order valence-electron chi connectivity index (χ2n) is 2.17. The van der Waals surface area contributed by atoms with E-state index in [1.165, 1.54) is 0 Å². The molecule has 0 spiro atoms. The highest BCUT2D eigenvalue weighted by molar-refractivity contribution is 6.68. The van der Waals surface area contributed by atoms with E-state index in [9.17, 15) is 0 Å². The van der Waals surface area contributed by atoms with E-state index in [2.05, 4.69) is 0 Å². The van der Waals surface area contributed by atoms with Gasteiger partial charge in [-0.15, -0.1) is 0 Å². The van der Waals surface area contributed by atoms with Gasteiger partial charge < -0.3 is 10.9 Å². The van der Waals surface area contributed by atoms with Crippen LogP contribution in [0.4, 0.5) is 0 Å². The van der Waals surface area contributed by atoms with Crippen LogP contribution in [0.5, 0.6) is 0 Å². The minimum Gasteiger partial charge on any atom is -0.433 e. The molecule has 0 aromatic carbocycles. The molecule has 0 bridgehead atoms. The lowest BCUT2D eigenvalue weighted by atomic mass is 11.8. The standard InChI is InChI=1S/C3H10OSi.H3N/c1-5(2,3)4;/h4H,1-3H3;1H3. The average Bonchev–Trinajstić information content (AvgIpc) is 0.722. The first-order valence-electron chi connectivity index (χ1n) is 1.72. The third kappa shape index (κ3) is 2170. The minimum atomic E-state index is -1.61. The molecule has 3 heteroatoms. The van der Waals surface area contributed by atoms with Crippen molar-refractivity contribution in [1.29, 1.82) is 0 Å². The largest absolute Gasteiger partial charge is 0.433 e. The van der Waals surface area contributed by atoms with E-state index < -0.39 is 8.32 Å². The third-order valence-electron chi connectivity index (χ3n) is 0. The van der Waals surface area contributed by atoms with Crippen LogP contribution in [0.15, 0.2) is 0 Å². The van der Waals surface area contributed by atoms with Crippen molar-refractivity contribution in [3.63, 3.8) is 0 Å². The lowest BCUT2D eigenvalue weighted by molar-refractivity contribution is 0.561. The second-order valence-corrected chi connectivity index (χ2v) is 6.51. The first-order valence-corrected chi connectivity index (χ1v) is 5.17. The maximum absolute atomic E-state index is 8.66. The molecule has 6 heavy (non-hydrogen) atoms. The predicted octanol–water partition coefficient (Wildman–Crippen LogP) is 0.976. The van der Waals surface area contributed by atoms with Crippen LogP contribution in [0.25, 0.3) is 0 Å². The molecule has 0 aromatic heterocycles. The van der Waals surface area contributed by atoms with Crippen molar-refractivity contribution in [2.45, 2.75) is 19.6 Å². The highest BCUT2D eigenvalue weighted by atomic mass is 28.4. The van der Waals surface area contributed by atoms with E-state index in [1.807, 2.05) is 19.6 Å². The molecule has 0 aliphatic rings. The van der Waals surface area contributed by atoms with Crippen molar-refractivity contribution in [3.05, 3.63) is 0 Å². The van der Waals surface area contributed by atoms with Crippen LogP contribution in [-0.2, 0) is 0 Å². The molecule has 0 saturated carbocycles. The number of rotatable bonds is 0. The number of hydrogen-bond donors (Lipinski definition) is 2. The zero-order valence-corrected chi connectivity index (χ0v) is 5.65. The Hall–Kier alpha value is 0.137. The summed E-state index contributed by atoms with van der Waals surface area (Å²) in [5.74, 6) is 0. The SMILES string of the molecule is C[Si](C)(C)O.N. The van der Waals surface area contributed by atoms with E-state index in [1.54, 1.807) is 0 Å². The summed E-state index contributed by atoms with van der Waals surface area (Å²) in [5, 5.41) is 0. The van der Waals surface area contributed by atoms with E-state index in [0.717, 1.165) is 0 Å². The molecule has 0 atom stereocenters. The maximum Gasteiger partial charge on any atom is 0.179 e. The number of hydrogen-bond acceptors (Lipinski definition) is 2. The van der Waals surface area contributed by atoms with Crippen LogP contribution in [0.1, 0.15) is 0 Å². The summed E-state index contributed by atoms with van der Waals surface area (Å²) in [6.07, 6.45) is 0. The summed E-state index contributed by atoms with van der Waals surface area (Å²) < 4.78 is 0. The lowest BCUT2D eigenvalue weighted by Crippen LogP contribution is -2.17. The molecule has 4 N–H and O–H groups in total. The molecule has 0 aliphatic carbocycles. The Bertz CT molecular complexity index is 26.3. The second kappa shape index (κ2) is 2.33. The fraction of sp³-hybridized carbons (Fsp3) is 1.00. The molecule has 2 nitrogen and oxygen atoms in total. The maximum atomic E-state index is 8.66. The van der Waals surface area contributed by atoms with Gasteiger partial charge in [0.1, 0.15) is 0 Å². The fourth-order valence-corrected chi connectivity index (χ4v) is 0. The Balaban J connectivity index is 0. The van der Waals surface area contributed by atoms with E-state index in [-0.39, 0.29) is 6.15 Å². The molecule has 0 rings (SSSR count). The smallest absolute Gasteiger partial charge is 0.179 e. The topological polar surface area (TPSA) is 55.2 Å². The van der Waals surface area contributed by atoms with Gasteiger partial charge in [-0.25, -0.2) is 0 Å². The fourth-order valence-electron chi connectivity index (χ4n) is 0. The molecule has 40 valence electrons. The van der Waals surface area contributed by atoms with Crippen molar-refractivity contribution >= 4 is 8.32 Å². The predicted molar refractivity (Wildman–Crippen MR) is 30.6 cm³/mol. The molecule has 0 heterocycles. The molecule has 0 aromatic rings. The van der Waals surface area contributed by atoms with E-state index in [4.69, 9.17) is 4.80 Å². The van der Waals surface area contributed by atoms with Gasteiger partial charge in [0.05, 0.1) is 0 Å². The molecule has 0 fully saturated rings. The van der Waals surface area contributed by atoms with Gasteiger partial charge in [0.15, 0.2) is 8.32 Å². The molecule has 0 saturated heterocycles. The Labute approximate surface area is 39.9 Å². The molecule has 0 aliphatic heterocycles. The van der Waals surface area contributed by atoms with E-state index >= 15 is 0 Å². The summed E-state index contributed by atoms with van der Waals surface area (Å²) in [5.41, 5.74) is 0. The normalized spacial score (nSPS) is 10.0. The van der Waals surface area contributed by atoms with Crippen LogP contribution in [-0.4, -0.2) is 13.1 Å². The molecular formula is C3H13NOSi. The Morgan fingerprint density at radius 2 is 1.17 bits per heavy atom. The Kier molecular flexibility index (Phi) is 3.68. The first-order chi connectivity index (χ1) is 2.00. The van der Waals surface area contributed by atoms with Gasteiger partial charge in [-0.2, -0.15) is 0 Å². The Morgan fingerprint density at radius 1 is 1.17 bits per heavy atom. The quantitative estimate of drug-likeness (QED) is 0.453. The highest BCUT2D eigenvalue weighted by Crippen LogP contribution is 1.88.